The van der Waals surface area contributed by atoms with Crippen molar-refractivity contribution in [3.05, 3.63) is 45.5 Å². The van der Waals surface area contributed by atoms with E-state index in [1.54, 1.807) is 12.1 Å². The summed E-state index contributed by atoms with van der Waals surface area (Å²) < 4.78 is 0. The predicted octanol–water partition coefficient (Wildman–Crippen LogP) is 3.15. The highest BCUT2D eigenvalue weighted by molar-refractivity contribution is 8.13. The van der Waals surface area contributed by atoms with Crippen LogP contribution in [-0.2, 0) is 4.79 Å². The molecule has 0 radical (unpaired) electrons. The molecule has 0 fully saturated rings. The van der Waals surface area contributed by atoms with E-state index in [4.69, 9.17) is 5.26 Å². The first-order chi connectivity index (χ1) is 9.02. The predicted molar refractivity (Wildman–Crippen MR) is 74.6 cm³/mol. The Labute approximate surface area is 115 Å². The van der Waals surface area contributed by atoms with Gasteiger partial charge in [-0.25, -0.2) is 0 Å². The molecule has 0 amide bonds. The molecule has 0 bridgehead atoms. The summed E-state index contributed by atoms with van der Waals surface area (Å²) in [5.74, 6) is 0.672. The molecule has 0 aliphatic carbocycles. The normalized spacial score (nSPS) is 10.3. The lowest BCUT2D eigenvalue weighted by atomic mass is 10.1. The van der Waals surface area contributed by atoms with Crippen molar-refractivity contribution >= 4 is 28.6 Å². The SMILES string of the molecule is CC(=O)SCCC=Cc1cc(C#N)cc([N+](=O)[O-])c1. The molecule has 6 heteroatoms. The molecule has 0 saturated carbocycles. The van der Waals surface area contributed by atoms with Gasteiger partial charge in [-0.1, -0.05) is 23.9 Å². The fraction of sp³-hybridized carbons (Fsp3) is 0.231. The Bertz CT molecular complexity index is 561. The van der Waals surface area contributed by atoms with Crippen LogP contribution in [-0.4, -0.2) is 15.8 Å². The first-order valence-electron chi connectivity index (χ1n) is 5.52. The number of benzene rings is 1. The van der Waals surface area contributed by atoms with Crippen LogP contribution in [0.15, 0.2) is 24.3 Å². The van der Waals surface area contributed by atoms with Gasteiger partial charge in [0.25, 0.3) is 5.69 Å². The monoisotopic (exact) mass is 276 g/mol. The Hall–Kier alpha value is -2.13. The largest absolute Gasteiger partial charge is 0.288 e. The lowest BCUT2D eigenvalue weighted by Crippen LogP contribution is -1.90. The minimum Gasteiger partial charge on any atom is -0.288 e. The molecular formula is C13H12N2O3S. The van der Waals surface area contributed by atoms with E-state index in [2.05, 4.69) is 0 Å². The topological polar surface area (TPSA) is 84.0 Å². The van der Waals surface area contributed by atoms with Crippen LogP contribution in [0.5, 0.6) is 0 Å². The van der Waals surface area contributed by atoms with Gasteiger partial charge in [-0.2, -0.15) is 5.26 Å². The van der Waals surface area contributed by atoms with Gasteiger partial charge in [-0.05, 0) is 18.1 Å². The van der Waals surface area contributed by atoms with E-state index in [1.807, 2.05) is 12.1 Å². The molecule has 0 aromatic heterocycles. The molecule has 0 aliphatic rings. The standard InChI is InChI=1S/C13H12N2O3S/c1-10(16)19-5-3-2-4-11-6-12(9-14)8-13(7-11)15(17)18/h2,4,6-8H,3,5H2,1H3. The van der Waals surface area contributed by atoms with Crippen molar-refractivity contribution in [3.8, 4) is 6.07 Å². The molecule has 0 atom stereocenters. The van der Waals surface area contributed by atoms with Crippen LogP contribution in [0.1, 0.15) is 24.5 Å². The Balaban J connectivity index is 2.75. The van der Waals surface area contributed by atoms with Crippen molar-refractivity contribution < 1.29 is 9.72 Å². The third-order valence-corrected chi connectivity index (χ3v) is 3.03. The number of rotatable bonds is 5. The molecule has 5 nitrogen and oxygen atoms in total. The maximum atomic E-state index is 10.7. The average molecular weight is 276 g/mol. The van der Waals surface area contributed by atoms with Crippen molar-refractivity contribution in [1.82, 2.24) is 0 Å². The minimum absolute atomic E-state index is 0.0653. The number of non-ortho nitro benzene ring substituents is 1. The highest BCUT2D eigenvalue weighted by Crippen LogP contribution is 2.18. The summed E-state index contributed by atoms with van der Waals surface area (Å²) in [4.78, 5) is 20.9. The zero-order valence-electron chi connectivity index (χ0n) is 10.3. The Morgan fingerprint density at radius 3 is 2.84 bits per heavy atom. The molecule has 1 aromatic rings. The molecule has 0 saturated heterocycles. The quantitative estimate of drug-likeness (QED) is 0.468. The summed E-state index contributed by atoms with van der Waals surface area (Å²) in [5.41, 5.74) is 0.766. The second-order valence-corrected chi connectivity index (χ2v) is 4.99. The van der Waals surface area contributed by atoms with Crippen molar-refractivity contribution in [2.45, 2.75) is 13.3 Å². The van der Waals surface area contributed by atoms with Gasteiger partial charge in [0.2, 0.25) is 0 Å². The van der Waals surface area contributed by atoms with Crippen molar-refractivity contribution in [1.29, 1.82) is 5.26 Å². The summed E-state index contributed by atoms with van der Waals surface area (Å²) in [6.07, 6.45) is 4.24. The number of hydrogen-bond acceptors (Lipinski definition) is 5. The summed E-state index contributed by atoms with van der Waals surface area (Å²) in [5, 5.41) is 19.6. The van der Waals surface area contributed by atoms with Crippen molar-refractivity contribution in [2.24, 2.45) is 0 Å². The molecule has 0 N–H and O–H groups in total. The van der Waals surface area contributed by atoms with Gasteiger partial charge < -0.3 is 0 Å². The lowest BCUT2D eigenvalue weighted by molar-refractivity contribution is -0.384. The smallest absolute Gasteiger partial charge is 0.271 e. The second kappa shape index (κ2) is 7.34. The van der Waals surface area contributed by atoms with E-state index in [-0.39, 0.29) is 16.4 Å². The first-order valence-corrected chi connectivity index (χ1v) is 6.51. The number of hydrogen-bond donors (Lipinski definition) is 0. The summed E-state index contributed by atoms with van der Waals surface area (Å²) in [7, 11) is 0. The molecule has 1 rings (SSSR count). The Kier molecular flexibility index (Phi) is 5.76. The minimum atomic E-state index is -0.524. The Morgan fingerprint density at radius 1 is 1.53 bits per heavy atom. The third-order valence-electron chi connectivity index (χ3n) is 2.18. The summed E-state index contributed by atoms with van der Waals surface area (Å²) in [6, 6.07) is 6.13. The van der Waals surface area contributed by atoms with Gasteiger partial charge in [0.05, 0.1) is 16.6 Å². The molecule has 98 valence electrons. The Morgan fingerprint density at radius 2 is 2.26 bits per heavy atom. The van der Waals surface area contributed by atoms with Crippen LogP contribution < -0.4 is 0 Å². The number of nitro groups is 1. The molecule has 19 heavy (non-hydrogen) atoms. The van der Waals surface area contributed by atoms with Crippen molar-refractivity contribution in [2.75, 3.05) is 5.75 Å². The summed E-state index contributed by atoms with van der Waals surface area (Å²) >= 11 is 1.23. The third kappa shape index (κ3) is 5.36. The molecule has 0 spiro atoms. The van der Waals surface area contributed by atoms with Crippen LogP contribution in [0.2, 0.25) is 0 Å². The zero-order chi connectivity index (χ0) is 14.3. The number of carbonyl (C=O) groups excluding carboxylic acids is 1. The number of nitro benzene ring substituents is 1. The highest BCUT2D eigenvalue weighted by atomic mass is 32.2. The van der Waals surface area contributed by atoms with E-state index < -0.39 is 4.92 Å². The van der Waals surface area contributed by atoms with Gasteiger partial charge in [-0.3, -0.25) is 14.9 Å². The zero-order valence-corrected chi connectivity index (χ0v) is 11.1. The van der Waals surface area contributed by atoms with E-state index in [1.165, 1.54) is 30.8 Å². The van der Waals surface area contributed by atoms with Crippen LogP contribution in [0, 0.1) is 21.4 Å². The summed E-state index contributed by atoms with van der Waals surface area (Å²) in [6.45, 7) is 1.51. The fourth-order valence-corrected chi connectivity index (χ4v) is 1.93. The molecule has 0 heterocycles. The van der Waals surface area contributed by atoms with Crippen LogP contribution >= 0.6 is 11.8 Å². The highest BCUT2D eigenvalue weighted by Gasteiger charge is 2.08. The number of allylic oxidation sites excluding steroid dienone is 1. The molecule has 0 unspecified atom stereocenters. The van der Waals surface area contributed by atoms with E-state index >= 15 is 0 Å². The second-order valence-electron chi connectivity index (χ2n) is 3.71. The van der Waals surface area contributed by atoms with Crippen LogP contribution in [0.3, 0.4) is 0 Å². The van der Waals surface area contributed by atoms with E-state index in [9.17, 15) is 14.9 Å². The maximum Gasteiger partial charge on any atom is 0.271 e. The van der Waals surface area contributed by atoms with Gasteiger partial charge in [-0.15, -0.1) is 0 Å². The molecule has 1 aromatic carbocycles. The first kappa shape index (κ1) is 14.9. The van der Waals surface area contributed by atoms with Crippen LogP contribution in [0.25, 0.3) is 6.08 Å². The number of carbonyl (C=O) groups is 1. The van der Waals surface area contributed by atoms with Gasteiger partial charge in [0.15, 0.2) is 5.12 Å². The number of thioether (sulfide) groups is 1. The lowest BCUT2D eigenvalue weighted by Gasteiger charge is -1.97. The van der Waals surface area contributed by atoms with Gasteiger partial charge in [0.1, 0.15) is 0 Å². The van der Waals surface area contributed by atoms with Crippen molar-refractivity contribution in [3.63, 3.8) is 0 Å². The molecule has 0 aliphatic heterocycles. The molecular weight excluding hydrogens is 264 g/mol. The fourth-order valence-electron chi connectivity index (χ4n) is 1.39. The average Bonchev–Trinajstić information content (AvgIpc) is 2.37. The van der Waals surface area contributed by atoms with E-state index in [0.717, 1.165) is 0 Å². The van der Waals surface area contributed by atoms with Gasteiger partial charge in [0, 0.05) is 24.8 Å². The van der Waals surface area contributed by atoms with Crippen LogP contribution in [0.4, 0.5) is 5.69 Å². The number of nitriles is 1. The van der Waals surface area contributed by atoms with E-state index in [0.29, 0.717) is 17.7 Å². The maximum absolute atomic E-state index is 10.7. The number of nitrogens with zero attached hydrogens (tertiary/aromatic N) is 2. The van der Waals surface area contributed by atoms with Gasteiger partial charge >= 0.3 is 0 Å².